The first-order valence-electron chi connectivity index (χ1n) is 4.41. The van der Waals surface area contributed by atoms with Gasteiger partial charge in [0.05, 0.1) is 0 Å². The van der Waals surface area contributed by atoms with Crippen LogP contribution in [0.3, 0.4) is 0 Å². The number of nitrogens with one attached hydrogen (secondary N) is 1. The summed E-state index contributed by atoms with van der Waals surface area (Å²) in [6, 6.07) is 5.82. The topological polar surface area (TPSA) is 46.2 Å². The van der Waals surface area contributed by atoms with E-state index in [9.17, 15) is 21.6 Å². The lowest BCUT2D eigenvalue weighted by Gasteiger charge is -2.18. The lowest BCUT2D eigenvalue weighted by Crippen LogP contribution is -2.43. The van der Waals surface area contributed by atoms with Crippen molar-refractivity contribution in [2.24, 2.45) is 0 Å². The molecular weight excluding hydrogens is 243 g/mol. The Labute approximate surface area is 92.4 Å². The Hall–Kier alpha value is -1.08. The predicted octanol–water partition coefficient (Wildman–Crippen LogP) is 1.28. The van der Waals surface area contributed by atoms with Crippen molar-refractivity contribution < 1.29 is 21.6 Å². The molecule has 0 aliphatic carbocycles. The van der Waals surface area contributed by atoms with Crippen molar-refractivity contribution in [3.05, 3.63) is 35.9 Å². The van der Waals surface area contributed by atoms with Gasteiger partial charge in [-0.25, -0.2) is 13.1 Å². The monoisotopic (exact) mass is 253 g/mol. The molecule has 90 valence electrons. The number of rotatable bonds is 4. The van der Waals surface area contributed by atoms with Gasteiger partial charge < -0.3 is 0 Å². The molecule has 0 aromatic heterocycles. The van der Waals surface area contributed by atoms with E-state index in [0.717, 1.165) is 0 Å². The molecule has 1 aromatic rings. The fraction of sp³-hybridized carbons (Fsp3) is 0.333. The Kier molecular flexibility index (Phi) is 4.31. The van der Waals surface area contributed by atoms with Crippen LogP contribution in [0.15, 0.2) is 30.3 Å². The van der Waals surface area contributed by atoms with Crippen LogP contribution in [0, 0.1) is 0 Å². The average Bonchev–Trinajstić information content (AvgIpc) is 2.16. The Balaban J connectivity index is 2.79. The highest BCUT2D eigenvalue weighted by Crippen LogP contribution is 2.23. The van der Waals surface area contributed by atoms with Gasteiger partial charge in [-0.3, -0.25) is 0 Å². The van der Waals surface area contributed by atoms with Crippen molar-refractivity contribution in [1.82, 2.24) is 4.72 Å². The van der Waals surface area contributed by atoms with Gasteiger partial charge in [-0.15, -0.1) is 0 Å². The van der Waals surface area contributed by atoms with Crippen LogP contribution < -0.4 is 4.72 Å². The van der Waals surface area contributed by atoms with Crippen LogP contribution in [0.4, 0.5) is 13.2 Å². The standard InChI is InChI=1S/C9H10F3NO2S/c10-9(11,12)8(13-16(14)15)6-7-4-2-1-3-5-7/h1-5,8,16H,6H2,(H,13,14,15). The summed E-state index contributed by atoms with van der Waals surface area (Å²) in [6.45, 7) is 0. The summed E-state index contributed by atoms with van der Waals surface area (Å²) in [7, 11) is -3.27. The molecule has 0 radical (unpaired) electrons. The predicted molar refractivity (Wildman–Crippen MR) is 53.4 cm³/mol. The van der Waals surface area contributed by atoms with E-state index in [1.165, 1.54) is 16.9 Å². The largest absolute Gasteiger partial charge is 0.405 e. The van der Waals surface area contributed by atoms with Gasteiger partial charge in [0.1, 0.15) is 6.04 Å². The molecule has 0 aliphatic heterocycles. The first-order valence-corrected chi connectivity index (χ1v) is 5.58. The zero-order chi connectivity index (χ0) is 12.2. The zero-order valence-corrected chi connectivity index (χ0v) is 8.96. The lowest BCUT2D eigenvalue weighted by molar-refractivity contribution is -0.150. The van der Waals surface area contributed by atoms with Gasteiger partial charge in [-0.1, -0.05) is 30.3 Å². The maximum atomic E-state index is 12.4. The van der Waals surface area contributed by atoms with Gasteiger partial charge in [0.15, 0.2) is 0 Å². The van der Waals surface area contributed by atoms with Crippen LogP contribution in [0.5, 0.6) is 0 Å². The third-order valence-corrected chi connectivity index (χ3v) is 2.46. The van der Waals surface area contributed by atoms with Crippen molar-refractivity contribution >= 4 is 10.9 Å². The molecule has 0 amide bonds. The number of alkyl halides is 3. The van der Waals surface area contributed by atoms with E-state index in [-0.39, 0.29) is 0 Å². The van der Waals surface area contributed by atoms with Gasteiger partial charge in [0.2, 0.25) is 10.9 Å². The van der Waals surface area contributed by atoms with Gasteiger partial charge in [-0.2, -0.15) is 13.2 Å². The summed E-state index contributed by atoms with van der Waals surface area (Å²) in [5.41, 5.74) is 0.425. The van der Waals surface area contributed by atoms with Crippen LogP contribution in [-0.2, 0) is 17.3 Å². The smallest absolute Gasteiger partial charge is 0.215 e. The number of hydrogen-bond acceptors (Lipinski definition) is 2. The first kappa shape index (κ1) is 13.0. The van der Waals surface area contributed by atoms with Gasteiger partial charge in [0, 0.05) is 0 Å². The molecule has 0 saturated carbocycles. The maximum Gasteiger partial charge on any atom is 0.405 e. The third-order valence-electron chi connectivity index (χ3n) is 1.94. The molecule has 0 bridgehead atoms. The highest BCUT2D eigenvalue weighted by atomic mass is 32.2. The van der Waals surface area contributed by atoms with Crippen LogP contribution in [-0.4, -0.2) is 20.6 Å². The second-order valence-electron chi connectivity index (χ2n) is 3.17. The molecule has 0 saturated heterocycles. The minimum Gasteiger partial charge on any atom is -0.215 e. The normalized spacial score (nSPS) is 14.0. The van der Waals surface area contributed by atoms with E-state index in [4.69, 9.17) is 0 Å². The summed E-state index contributed by atoms with van der Waals surface area (Å²) in [4.78, 5) is 0. The highest BCUT2D eigenvalue weighted by Gasteiger charge is 2.39. The third kappa shape index (κ3) is 4.19. The summed E-state index contributed by atoms with van der Waals surface area (Å²) < 4.78 is 59.4. The number of thiol groups is 1. The van der Waals surface area contributed by atoms with E-state index < -0.39 is 29.5 Å². The van der Waals surface area contributed by atoms with Gasteiger partial charge in [-0.05, 0) is 12.0 Å². The molecule has 0 fully saturated rings. The Morgan fingerprint density at radius 1 is 1.19 bits per heavy atom. The first-order chi connectivity index (χ1) is 7.39. The molecular formula is C9H10F3NO2S. The van der Waals surface area contributed by atoms with E-state index in [1.807, 2.05) is 0 Å². The zero-order valence-electron chi connectivity index (χ0n) is 8.07. The Morgan fingerprint density at radius 2 is 1.75 bits per heavy atom. The minimum atomic E-state index is -4.59. The van der Waals surface area contributed by atoms with Crippen LogP contribution in [0.1, 0.15) is 5.56 Å². The molecule has 0 heterocycles. The molecule has 1 atom stereocenters. The molecule has 1 aromatic carbocycles. The molecule has 1 rings (SSSR count). The maximum absolute atomic E-state index is 12.4. The van der Waals surface area contributed by atoms with Crippen LogP contribution in [0.2, 0.25) is 0 Å². The second-order valence-corrected chi connectivity index (χ2v) is 3.94. The van der Waals surface area contributed by atoms with Gasteiger partial charge >= 0.3 is 6.18 Å². The average molecular weight is 253 g/mol. The fourth-order valence-electron chi connectivity index (χ4n) is 1.21. The lowest BCUT2D eigenvalue weighted by atomic mass is 10.1. The molecule has 16 heavy (non-hydrogen) atoms. The summed E-state index contributed by atoms with van der Waals surface area (Å²) in [5, 5.41) is 0. The molecule has 0 spiro atoms. The van der Waals surface area contributed by atoms with E-state index >= 15 is 0 Å². The summed E-state index contributed by atoms with van der Waals surface area (Å²) >= 11 is 0. The highest BCUT2D eigenvalue weighted by molar-refractivity contribution is 7.70. The molecule has 1 N–H and O–H groups in total. The fourth-order valence-corrected chi connectivity index (χ4v) is 1.70. The Bertz CT molecular complexity index is 395. The Morgan fingerprint density at radius 3 is 2.19 bits per heavy atom. The van der Waals surface area contributed by atoms with Crippen molar-refractivity contribution in [2.75, 3.05) is 0 Å². The summed E-state index contributed by atoms with van der Waals surface area (Å²) in [5.74, 6) is 0. The van der Waals surface area contributed by atoms with E-state index in [2.05, 4.69) is 0 Å². The number of hydrogen-bond donors (Lipinski definition) is 2. The summed E-state index contributed by atoms with van der Waals surface area (Å²) in [6.07, 6.45) is -5.00. The molecule has 0 aliphatic rings. The molecule has 7 heteroatoms. The van der Waals surface area contributed by atoms with Crippen molar-refractivity contribution in [3.63, 3.8) is 0 Å². The van der Waals surface area contributed by atoms with E-state index in [1.54, 1.807) is 18.2 Å². The van der Waals surface area contributed by atoms with Crippen molar-refractivity contribution in [1.29, 1.82) is 0 Å². The quantitative estimate of drug-likeness (QED) is 0.794. The molecule has 1 unspecified atom stereocenters. The van der Waals surface area contributed by atoms with E-state index in [0.29, 0.717) is 5.56 Å². The second kappa shape index (κ2) is 5.31. The minimum absolute atomic E-state index is 0.409. The SMILES string of the molecule is O=[SH](=O)NC(Cc1ccccc1)C(F)(F)F. The van der Waals surface area contributed by atoms with Crippen molar-refractivity contribution in [2.45, 2.75) is 18.6 Å². The van der Waals surface area contributed by atoms with Crippen LogP contribution in [0.25, 0.3) is 0 Å². The van der Waals surface area contributed by atoms with Gasteiger partial charge in [0.25, 0.3) is 0 Å². The van der Waals surface area contributed by atoms with Crippen molar-refractivity contribution in [3.8, 4) is 0 Å². The number of benzene rings is 1. The number of halogens is 3. The van der Waals surface area contributed by atoms with Crippen LogP contribution >= 0.6 is 0 Å². The molecule has 3 nitrogen and oxygen atoms in total.